The molecule has 2 aromatic carbocycles. The van der Waals surface area contributed by atoms with E-state index in [2.05, 4.69) is 65.4 Å². The molecule has 4 nitrogen and oxygen atoms in total. The Morgan fingerprint density at radius 1 is 0.840 bits per heavy atom. The molecule has 0 aliphatic heterocycles. The van der Waals surface area contributed by atoms with Crippen molar-refractivity contribution in [2.45, 2.75) is 32.6 Å². The molecule has 128 valence electrons. The van der Waals surface area contributed by atoms with Crippen molar-refractivity contribution in [1.82, 2.24) is 9.97 Å². The summed E-state index contributed by atoms with van der Waals surface area (Å²) in [6.07, 6.45) is 3.68. The summed E-state index contributed by atoms with van der Waals surface area (Å²) in [5, 5.41) is 0. The lowest BCUT2D eigenvalue weighted by molar-refractivity contribution is 0.798. The molecule has 0 bridgehead atoms. The number of nitrogens with two attached hydrogens (primary N) is 2. The van der Waals surface area contributed by atoms with Gasteiger partial charge in [-0.15, -0.1) is 0 Å². The third kappa shape index (κ3) is 4.15. The van der Waals surface area contributed by atoms with Gasteiger partial charge in [-0.25, -0.2) is 4.98 Å². The number of aromatic nitrogens is 2. The molecule has 0 atom stereocenters. The lowest BCUT2D eigenvalue weighted by Gasteiger charge is -2.11. The summed E-state index contributed by atoms with van der Waals surface area (Å²) in [6.45, 7) is 2.06. The first-order valence-electron chi connectivity index (χ1n) is 8.72. The van der Waals surface area contributed by atoms with E-state index >= 15 is 0 Å². The van der Waals surface area contributed by atoms with Gasteiger partial charge in [0.2, 0.25) is 5.95 Å². The predicted octanol–water partition coefficient (Wildman–Crippen LogP) is 4.05. The van der Waals surface area contributed by atoms with E-state index in [4.69, 9.17) is 11.5 Å². The minimum absolute atomic E-state index is 0.258. The molecule has 3 rings (SSSR count). The van der Waals surface area contributed by atoms with Gasteiger partial charge in [0.25, 0.3) is 0 Å². The fourth-order valence-electron chi connectivity index (χ4n) is 3.14. The maximum absolute atomic E-state index is 6.05. The minimum atomic E-state index is 0.258. The molecule has 0 aliphatic rings. The second-order valence-corrected chi connectivity index (χ2v) is 6.17. The number of benzene rings is 2. The summed E-state index contributed by atoms with van der Waals surface area (Å²) in [6, 6.07) is 19.2. The van der Waals surface area contributed by atoms with Gasteiger partial charge in [-0.1, -0.05) is 61.5 Å². The van der Waals surface area contributed by atoms with E-state index < -0.39 is 0 Å². The number of aryl methyl sites for hydroxylation is 2. The summed E-state index contributed by atoms with van der Waals surface area (Å²) >= 11 is 0. The van der Waals surface area contributed by atoms with Crippen LogP contribution in [0.4, 0.5) is 11.8 Å². The van der Waals surface area contributed by atoms with Crippen molar-refractivity contribution in [3.8, 4) is 11.1 Å². The molecule has 0 aliphatic carbocycles. The number of hydrogen-bond acceptors (Lipinski definition) is 4. The van der Waals surface area contributed by atoms with Crippen LogP contribution in [0.25, 0.3) is 11.1 Å². The maximum atomic E-state index is 6.05. The zero-order valence-corrected chi connectivity index (χ0v) is 14.6. The highest BCUT2D eigenvalue weighted by atomic mass is 15.0. The van der Waals surface area contributed by atoms with Crippen LogP contribution in [0.1, 0.15) is 30.2 Å². The van der Waals surface area contributed by atoms with Crippen LogP contribution in [0, 0.1) is 0 Å². The normalized spacial score (nSPS) is 10.8. The standard InChI is InChI=1S/C21H24N4/c1-2-19-18(20(22)25-21(23)24-19)13-7-9-15-8-6-12-17(14-15)16-10-4-3-5-11-16/h3-6,8,10-12,14H,2,7,9,13H2,1H3,(H4,22,23,24,25). The Bertz CT molecular complexity index is 844. The molecule has 1 aromatic heterocycles. The molecule has 4 N–H and O–H groups in total. The maximum Gasteiger partial charge on any atom is 0.222 e. The highest BCUT2D eigenvalue weighted by Crippen LogP contribution is 2.22. The number of rotatable bonds is 6. The highest BCUT2D eigenvalue weighted by molar-refractivity contribution is 5.63. The van der Waals surface area contributed by atoms with Gasteiger partial charge in [0.15, 0.2) is 0 Å². The average molecular weight is 332 g/mol. The zero-order valence-electron chi connectivity index (χ0n) is 14.6. The van der Waals surface area contributed by atoms with E-state index in [0.717, 1.165) is 36.9 Å². The van der Waals surface area contributed by atoms with Crippen LogP contribution in [-0.2, 0) is 19.3 Å². The van der Waals surface area contributed by atoms with E-state index in [1.807, 2.05) is 6.07 Å². The Morgan fingerprint density at radius 3 is 2.36 bits per heavy atom. The van der Waals surface area contributed by atoms with Crippen LogP contribution in [0.2, 0.25) is 0 Å². The van der Waals surface area contributed by atoms with Gasteiger partial charge >= 0.3 is 0 Å². The van der Waals surface area contributed by atoms with E-state index in [1.54, 1.807) is 0 Å². The van der Waals surface area contributed by atoms with Crippen LogP contribution in [-0.4, -0.2) is 9.97 Å². The first-order chi connectivity index (χ1) is 12.2. The van der Waals surface area contributed by atoms with Gasteiger partial charge in [0.1, 0.15) is 5.82 Å². The Labute approximate surface area is 148 Å². The van der Waals surface area contributed by atoms with Gasteiger partial charge in [-0.05, 0) is 42.4 Å². The number of nitrogens with zero attached hydrogens (tertiary/aromatic N) is 2. The van der Waals surface area contributed by atoms with Gasteiger partial charge < -0.3 is 11.5 Å². The van der Waals surface area contributed by atoms with E-state index in [1.165, 1.54) is 16.7 Å². The number of anilines is 2. The fourth-order valence-corrected chi connectivity index (χ4v) is 3.14. The topological polar surface area (TPSA) is 77.8 Å². The first-order valence-corrected chi connectivity index (χ1v) is 8.72. The lowest BCUT2D eigenvalue weighted by atomic mass is 9.98. The van der Waals surface area contributed by atoms with Crippen LogP contribution < -0.4 is 11.5 Å². The monoisotopic (exact) mass is 332 g/mol. The number of nitrogen functional groups attached to an aromatic ring is 2. The van der Waals surface area contributed by atoms with E-state index in [9.17, 15) is 0 Å². The second-order valence-electron chi connectivity index (χ2n) is 6.17. The summed E-state index contributed by atoms with van der Waals surface area (Å²) in [5.41, 5.74) is 17.6. The molecular formula is C21H24N4. The number of hydrogen-bond donors (Lipinski definition) is 2. The third-order valence-electron chi connectivity index (χ3n) is 4.40. The van der Waals surface area contributed by atoms with Crippen LogP contribution in [0.15, 0.2) is 54.6 Å². The van der Waals surface area contributed by atoms with Crippen LogP contribution >= 0.6 is 0 Å². The van der Waals surface area contributed by atoms with Gasteiger partial charge in [-0.2, -0.15) is 4.98 Å². The zero-order chi connectivity index (χ0) is 17.6. The molecule has 0 saturated carbocycles. The van der Waals surface area contributed by atoms with Crippen molar-refractivity contribution >= 4 is 11.8 Å². The lowest BCUT2D eigenvalue weighted by Crippen LogP contribution is -2.09. The van der Waals surface area contributed by atoms with Crippen molar-refractivity contribution in [3.05, 3.63) is 71.4 Å². The molecular weight excluding hydrogens is 308 g/mol. The molecule has 4 heteroatoms. The Kier molecular flexibility index (Phi) is 5.29. The first kappa shape index (κ1) is 17.0. The third-order valence-corrected chi connectivity index (χ3v) is 4.40. The Hall–Kier alpha value is -2.88. The minimum Gasteiger partial charge on any atom is -0.383 e. The van der Waals surface area contributed by atoms with Crippen molar-refractivity contribution in [3.63, 3.8) is 0 Å². The van der Waals surface area contributed by atoms with E-state index in [0.29, 0.717) is 5.82 Å². The van der Waals surface area contributed by atoms with Crippen LogP contribution in [0.3, 0.4) is 0 Å². The van der Waals surface area contributed by atoms with E-state index in [-0.39, 0.29) is 5.95 Å². The molecule has 3 aromatic rings. The van der Waals surface area contributed by atoms with Gasteiger partial charge in [-0.3, -0.25) is 0 Å². The Morgan fingerprint density at radius 2 is 1.60 bits per heavy atom. The summed E-state index contributed by atoms with van der Waals surface area (Å²) in [4.78, 5) is 8.42. The molecule has 0 spiro atoms. The largest absolute Gasteiger partial charge is 0.383 e. The molecule has 0 saturated heterocycles. The molecule has 0 radical (unpaired) electrons. The molecule has 0 amide bonds. The predicted molar refractivity (Wildman–Crippen MR) is 104 cm³/mol. The van der Waals surface area contributed by atoms with Crippen molar-refractivity contribution in [2.24, 2.45) is 0 Å². The summed E-state index contributed by atoms with van der Waals surface area (Å²) < 4.78 is 0. The molecule has 0 fully saturated rings. The van der Waals surface area contributed by atoms with Crippen LogP contribution in [0.5, 0.6) is 0 Å². The summed E-state index contributed by atoms with van der Waals surface area (Å²) in [5.74, 6) is 0.774. The van der Waals surface area contributed by atoms with Crippen molar-refractivity contribution < 1.29 is 0 Å². The quantitative estimate of drug-likeness (QED) is 0.714. The van der Waals surface area contributed by atoms with Crippen molar-refractivity contribution in [1.29, 1.82) is 0 Å². The Balaban J connectivity index is 1.69. The van der Waals surface area contributed by atoms with Gasteiger partial charge in [0, 0.05) is 5.56 Å². The molecule has 25 heavy (non-hydrogen) atoms. The average Bonchev–Trinajstić information content (AvgIpc) is 2.64. The highest BCUT2D eigenvalue weighted by Gasteiger charge is 2.10. The molecule has 0 unspecified atom stereocenters. The molecule has 1 heterocycles. The van der Waals surface area contributed by atoms with Gasteiger partial charge in [0.05, 0.1) is 5.69 Å². The second kappa shape index (κ2) is 7.79. The summed E-state index contributed by atoms with van der Waals surface area (Å²) in [7, 11) is 0. The smallest absolute Gasteiger partial charge is 0.222 e. The van der Waals surface area contributed by atoms with Crippen molar-refractivity contribution in [2.75, 3.05) is 11.5 Å². The fraction of sp³-hybridized carbons (Fsp3) is 0.238. The SMILES string of the molecule is CCc1nc(N)nc(N)c1CCCc1cccc(-c2ccccc2)c1.